The van der Waals surface area contributed by atoms with Crippen LogP contribution in [0.2, 0.25) is 5.02 Å². The molecule has 3 heterocycles. The van der Waals surface area contributed by atoms with Gasteiger partial charge in [-0.1, -0.05) is 11.6 Å². The number of hydrogen-bond donors (Lipinski definition) is 0. The van der Waals surface area contributed by atoms with Crippen LogP contribution in [0.5, 0.6) is 17.5 Å². The predicted molar refractivity (Wildman–Crippen MR) is 89.2 cm³/mol. The summed E-state index contributed by atoms with van der Waals surface area (Å²) in [5, 5.41) is 0.454. The second-order valence-corrected chi connectivity index (χ2v) is 6.32. The van der Waals surface area contributed by atoms with E-state index >= 15 is 0 Å². The number of hydrogen-bond acceptors (Lipinski definition) is 6. The zero-order valence-electron chi connectivity index (χ0n) is 13.4. The van der Waals surface area contributed by atoms with Crippen molar-refractivity contribution in [2.24, 2.45) is 0 Å². The molecule has 0 radical (unpaired) electrons. The lowest BCUT2D eigenvalue weighted by atomic mass is 10.1. The number of piperidine rings is 1. The van der Waals surface area contributed by atoms with Gasteiger partial charge < -0.3 is 19.1 Å². The van der Waals surface area contributed by atoms with E-state index in [-0.39, 0.29) is 24.8 Å². The Bertz CT molecular complexity index is 784. The van der Waals surface area contributed by atoms with Crippen molar-refractivity contribution < 1.29 is 19.0 Å². The van der Waals surface area contributed by atoms with Gasteiger partial charge in [-0.2, -0.15) is 0 Å². The summed E-state index contributed by atoms with van der Waals surface area (Å²) in [5.74, 6) is 1.21. The van der Waals surface area contributed by atoms with E-state index < -0.39 is 0 Å². The molecule has 4 rings (SSSR count). The molecular formula is C17H16ClN3O4. The Kier molecular flexibility index (Phi) is 4.31. The lowest BCUT2D eigenvalue weighted by molar-refractivity contribution is 0.0515. The summed E-state index contributed by atoms with van der Waals surface area (Å²) in [7, 11) is 0. The van der Waals surface area contributed by atoms with Gasteiger partial charge >= 0.3 is 6.01 Å². The fourth-order valence-electron chi connectivity index (χ4n) is 2.94. The third-order valence-electron chi connectivity index (χ3n) is 4.15. The molecule has 1 amide bonds. The second-order valence-electron chi connectivity index (χ2n) is 5.89. The molecule has 0 spiro atoms. The van der Waals surface area contributed by atoms with Crippen LogP contribution < -0.4 is 14.2 Å². The number of nitrogens with zero attached hydrogens (tertiary/aromatic N) is 3. The first-order chi connectivity index (χ1) is 12.2. The fraction of sp³-hybridized carbons (Fsp3) is 0.353. The van der Waals surface area contributed by atoms with E-state index in [0.717, 1.165) is 12.8 Å². The van der Waals surface area contributed by atoms with Crippen molar-refractivity contribution in [1.82, 2.24) is 14.9 Å². The maximum Gasteiger partial charge on any atom is 0.316 e. The highest BCUT2D eigenvalue weighted by Crippen LogP contribution is 2.33. The number of amides is 1. The highest BCUT2D eigenvalue weighted by atomic mass is 35.5. The topological polar surface area (TPSA) is 73.8 Å². The molecule has 2 aromatic rings. The van der Waals surface area contributed by atoms with Gasteiger partial charge in [-0.15, -0.1) is 0 Å². The van der Waals surface area contributed by atoms with Crippen LogP contribution in [0.25, 0.3) is 0 Å². The summed E-state index contributed by atoms with van der Waals surface area (Å²) < 4.78 is 16.4. The number of carbonyl (C=O) groups is 1. The van der Waals surface area contributed by atoms with Crippen LogP contribution >= 0.6 is 11.6 Å². The lowest BCUT2D eigenvalue weighted by Gasteiger charge is -2.32. The first-order valence-electron chi connectivity index (χ1n) is 8.02. The molecule has 1 fully saturated rings. The Balaban J connectivity index is 1.43. The maximum atomic E-state index is 12.8. The highest BCUT2D eigenvalue weighted by molar-refractivity contribution is 6.30. The summed E-state index contributed by atoms with van der Waals surface area (Å²) in [4.78, 5) is 22.6. The van der Waals surface area contributed by atoms with Crippen LogP contribution in [-0.2, 0) is 0 Å². The Morgan fingerprint density at radius 3 is 2.88 bits per heavy atom. The van der Waals surface area contributed by atoms with E-state index in [1.165, 1.54) is 12.4 Å². The molecule has 25 heavy (non-hydrogen) atoms. The van der Waals surface area contributed by atoms with E-state index in [9.17, 15) is 4.79 Å². The van der Waals surface area contributed by atoms with Gasteiger partial charge in [0.25, 0.3) is 5.91 Å². The van der Waals surface area contributed by atoms with Crippen molar-refractivity contribution >= 4 is 17.5 Å². The molecule has 2 aliphatic rings. The number of fused-ring (bicyclic) bond motifs is 1. The lowest BCUT2D eigenvalue weighted by Crippen LogP contribution is -2.44. The van der Waals surface area contributed by atoms with Crippen LogP contribution in [0.3, 0.4) is 0 Å². The van der Waals surface area contributed by atoms with Crippen molar-refractivity contribution in [3.05, 3.63) is 41.2 Å². The van der Waals surface area contributed by atoms with Gasteiger partial charge in [-0.3, -0.25) is 4.79 Å². The van der Waals surface area contributed by atoms with Crippen LogP contribution in [0, 0.1) is 0 Å². The first-order valence-corrected chi connectivity index (χ1v) is 8.40. The summed E-state index contributed by atoms with van der Waals surface area (Å²) in [5.41, 5.74) is 0.577. The SMILES string of the molecule is O=C(c1ccc2c(c1)OCO2)N1CCCC(Oc2ncc(Cl)cn2)C1. The number of likely N-dealkylation sites (tertiary alicyclic amines) is 1. The second kappa shape index (κ2) is 6.76. The Labute approximate surface area is 149 Å². The molecule has 0 N–H and O–H groups in total. The number of ether oxygens (including phenoxy) is 3. The van der Waals surface area contributed by atoms with Crippen molar-refractivity contribution in [3.8, 4) is 17.5 Å². The summed E-state index contributed by atoms with van der Waals surface area (Å²) in [6.07, 6.45) is 4.53. The Morgan fingerprint density at radius 1 is 1.24 bits per heavy atom. The number of aromatic nitrogens is 2. The quantitative estimate of drug-likeness (QED) is 0.836. The minimum atomic E-state index is -0.145. The van der Waals surface area contributed by atoms with Gasteiger partial charge in [0.15, 0.2) is 11.5 Å². The monoisotopic (exact) mass is 361 g/mol. The molecule has 2 aliphatic heterocycles. The van der Waals surface area contributed by atoms with E-state index in [4.69, 9.17) is 25.8 Å². The average molecular weight is 362 g/mol. The molecule has 130 valence electrons. The molecule has 1 unspecified atom stereocenters. The van der Waals surface area contributed by atoms with Gasteiger partial charge in [0.05, 0.1) is 24.0 Å². The van der Waals surface area contributed by atoms with Crippen molar-refractivity contribution in [2.45, 2.75) is 18.9 Å². The fourth-order valence-corrected chi connectivity index (χ4v) is 3.04. The average Bonchev–Trinajstić information content (AvgIpc) is 3.11. The Hall–Kier alpha value is -2.54. The number of benzene rings is 1. The molecule has 7 nitrogen and oxygen atoms in total. The molecule has 0 aliphatic carbocycles. The van der Waals surface area contributed by atoms with Crippen LogP contribution in [0.1, 0.15) is 23.2 Å². The van der Waals surface area contributed by atoms with Gasteiger partial charge in [-0.05, 0) is 31.0 Å². The summed E-state index contributed by atoms with van der Waals surface area (Å²) in [6, 6.07) is 5.50. The van der Waals surface area contributed by atoms with E-state index in [1.807, 2.05) is 0 Å². The molecule has 1 saturated heterocycles. The summed E-state index contributed by atoms with van der Waals surface area (Å²) >= 11 is 5.77. The van der Waals surface area contributed by atoms with Gasteiger partial charge in [0.2, 0.25) is 6.79 Å². The molecule has 1 aromatic carbocycles. The van der Waals surface area contributed by atoms with Gasteiger partial charge in [0, 0.05) is 12.1 Å². The van der Waals surface area contributed by atoms with Gasteiger partial charge in [0.1, 0.15) is 6.10 Å². The standard InChI is InChI=1S/C17H16ClN3O4/c18-12-7-19-17(20-8-12)25-13-2-1-5-21(9-13)16(22)11-3-4-14-15(6-11)24-10-23-14/h3-4,6-8,13H,1-2,5,9-10H2. The molecule has 1 aromatic heterocycles. The van der Waals surface area contributed by atoms with Crippen molar-refractivity contribution in [1.29, 1.82) is 0 Å². The minimum absolute atomic E-state index is 0.0522. The van der Waals surface area contributed by atoms with Gasteiger partial charge in [-0.25, -0.2) is 9.97 Å². The normalized spacial score (nSPS) is 18.9. The highest BCUT2D eigenvalue weighted by Gasteiger charge is 2.27. The van der Waals surface area contributed by atoms with Crippen LogP contribution in [0.4, 0.5) is 0 Å². The summed E-state index contributed by atoms with van der Waals surface area (Å²) in [6.45, 7) is 1.36. The number of rotatable bonds is 3. The van der Waals surface area contributed by atoms with Crippen molar-refractivity contribution in [2.75, 3.05) is 19.9 Å². The predicted octanol–water partition coefficient (Wildman–Crippen LogP) is 2.54. The maximum absolute atomic E-state index is 12.8. The third-order valence-corrected chi connectivity index (χ3v) is 4.35. The molecule has 8 heteroatoms. The Morgan fingerprint density at radius 2 is 2.04 bits per heavy atom. The zero-order valence-corrected chi connectivity index (χ0v) is 14.1. The molecular weight excluding hydrogens is 346 g/mol. The third kappa shape index (κ3) is 3.46. The largest absolute Gasteiger partial charge is 0.458 e. The molecule has 0 saturated carbocycles. The zero-order chi connectivity index (χ0) is 17.2. The smallest absolute Gasteiger partial charge is 0.316 e. The van der Waals surface area contributed by atoms with E-state index in [2.05, 4.69) is 9.97 Å². The molecule has 0 bridgehead atoms. The number of halogens is 1. The van der Waals surface area contributed by atoms with Crippen LogP contribution in [0.15, 0.2) is 30.6 Å². The van der Waals surface area contributed by atoms with Crippen molar-refractivity contribution in [3.63, 3.8) is 0 Å². The minimum Gasteiger partial charge on any atom is -0.458 e. The number of carbonyl (C=O) groups excluding carboxylic acids is 1. The van der Waals surface area contributed by atoms with E-state index in [0.29, 0.717) is 35.2 Å². The molecule has 1 atom stereocenters. The first kappa shape index (κ1) is 16.0. The van der Waals surface area contributed by atoms with E-state index in [1.54, 1.807) is 23.1 Å². The van der Waals surface area contributed by atoms with Crippen LogP contribution in [-0.4, -0.2) is 46.8 Å².